The zero-order valence-electron chi connectivity index (χ0n) is 10.9. The van der Waals surface area contributed by atoms with Crippen LogP contribution in [0, 0.1) is 0 Å². The van der Waals surface area contributed by atoms with Gasteiger partial charge >= 0.3 is 0 Å². The fourth-order valence-electron chi connectivity index (χ4n) is 2.23. The fraction of sp³-hybridized carbons (Fsp3) is 1.00. The zero-order valence-corrected chi connectivity index (χ0v) is 11.7. The van der Waals surface area contributed by atoms with Crippen LogP contribution in [0.5, 0.6) is 0 Å². The Morgan fingerprint density at radius 2 is 1.71 bits per heavy atom. The Labute approximate surface area is 104 Å². The van der Waals surface area contributed by atoms with Crippen molar-refractivity contribution in [1.82, 2.24) is 9.44 Å². The first kappa shape index (κ1) is 14.9. The normalized spacial score (nSPS) is 21.4. The number of nitrogens with one attached hydrogen (secondary N) is 2. The van der Waals surface area contributed by atoms with Crippen molar-refractivity contribution in [2.45, 2.75) is 64.0 Å². The Bertz CT molecular complexity index is 340. The summed E-state index contributed by atoms with van der Waals surface area (Å²) in [6.45, 7) is 5.23. The van der Waals surface area contributed by atoms with Gasteiger partial charge in [-0.3, -0.25) is 0 Å². The van der Waals surface area contributed by atoms with E-state index < -0.39 is 21.3 Å². The number of aliphatic hydroxyl groups is 1. The molecule has 0 heterocycles. The standard InChI is InChI=1S/C11H24N2O3S/c1-10(2,3)12-17(15,16)13-11(9-14)7-5-4-6-8-11/h12-14H,4-9H2,1-3H3. The average molecular weight is 264 g/mol. The molecule has 5 nitrogen and oxygen atoms in total. The van der Waals surface area contributed by atoms with Crippen LogP contribution in [0.2, 0.25) is 0 Å². The molecule has 1 fully saturated rings. The highest BCUT2D eigenvalue weighted by atomic mass is 32.2. The van der Waals surface area contributed by atoms with Crippen molar-refractivity contribution in [2.75, 3.05) is 6.61 Å². The number of aliphatic hydroxyl groups excluding tert-OH is 1. The summed E-state index contributed by atoms with van der Waals surface area (Å²) in [6, 6.07) is 0. The number of hydrogen-bond acceptors (Lipinski definition) is 3. The van der Waals surface area contributed by atoms with E-state index >= 15 is 0 Å². The third kappa shape index (κ3) is 4.91. The first-order valence-corrected chi connectivity index (χ1v) is 7.60. The molecule has 1 aliphatic carbocycles. The molecular formula is C11H24N2O3S. The first-order chi connectivity index (χ1) is 7.68. The van der Waals surface area contributed by atoms with Crippen LogP contribution < -0.4 is 9.44 Å². The van der Waals surface area contributed by atoms with E-state index in [2.05, 4.69) is 9.44 Å². The Morgan fingerprint density at radius 1 is 1.18 bits per heavy atom. The van der Waals surface area contributed by atoms with E-state index in [1.54, 1.807) is 20.8 Å². The second kappa shape index (κ2) is 5.22. The number of hydrogen-bond donors (Lipinski definition) is 3. The molecule has 0 amide bonds. The summed E-state index contributed by atoms with van der Waals surface area (Å²) in [5.41, 5.74) is -1.19. The molecule has 1 saturated carbocycles. The summed E-state index contributed by atoms with van der Waals surface area (Å²) >= 11 is 0. The topological polar surface area (TPSA) is 78.4 Å². The van der Waals surface area contributed by atoms with E-state index in [9.17, 15) is 13.5 Å². The second-order valence-electron chi connectivity index (χ2n) is 5.96. The predicted octanol–water partition coefficient (Wildman–Crippen LogP) is 0.904. The molecule has 17 heavy (non-hydrogen) atoms. The smallest absolute Gasteiger partial charge is 0.277 e. The lowest BCUT2D eigenvalue weighted by atomic mass is 9.83. The lowest BCUT2D eigenvalue weighted by molar-refractivity contribution is 0.141. The molecule has 6 heteroatoms. The van der Waals surface area contributed by atoms with E-state index in [4.69, 9.17) is 0 Å². The molecule has 1 rings (SSSR count). The van der Waals surface area contributed by atoms with E-state index in [1.165, 1.54) is 0 Å². The minimum absolute atomic E-state index is 0.141. The molecule has 0 aromatic carbocycles. The van der Waals surface area contributed by atoms with Gasteiger partial charge in [-0.25, -0.2) is 0 Å². The third-order valence-electron chi connectivity index (χ3n) is 2.90. The van der Waals surface area contributed by atoms with Crippen LogP contribution in [0.15, 0.2) is 0 Å². The minimum atomic E-state index is -3.57. The van der Waals surface area contributed by atoms with Gasteiger partial charge in [-0.1, -0.05) is 19.3 Å². The van der Waals surface area contributed by atoms with E-state index in [0.717, 1.165) is 19.3 Å². The van der Waals surface area contributed by atoms with Crippen molar-refractivity contribution >= 4 is 10.2 Å². The number of rotatable bonds is 4. The van der Waals surface area contributed by atoms with Crippen molar-refractivity contribution in [3.63, 3.8) is 0 Å². The quantitative estimate of drug-likeness (QED) is 0.706. The lowest BCUT2D eigenvalue weighted by Gasteiger charge is -2.36. The van der Waals surface area contributed by atoms with Crippen LogP contribution in [0.3, 0.4) is 0 Å². The van der Waals surface area contributed by atoms with Crippen LogP contribution >= 0.6 is 0 Å². The Kier molecular flexibility index (Phi) is 4.57. The highest BCUT2D eigenvalue weighted by Gasteiger charge is 2.36. The van der Waals surface area contributed by atoms with Crippen molar-refractivity contribution < 1.29 is 13.5 Å². The largest absolute Gasteiger partial charge is 0.394 e. The SMILES string of the molecule is CC(C)(C)NS(=O)(=O)NC1(CO)CCCCC1. The van der Waals surface area contributed by atoms with Gasteiger partial charge in [-0.05, 0) is 33.6 Å². The summed E-state index contributed by atoms with van der Waals surface area (Å²) in [5, 5.41) is 9.45. The molecule has 0 aliphatic heterocycles. The summed E-state index contributed by atoms with van der Waals surface area (Å²) in [7, 11) is -3.57. The van der Waals surface area contributed by atoms with Crippen molar-refractivity contribution in [3.05, 3.63) is 0 Å². The molecule has 0 saturated heterocycles. The molecule has 102 valence electrons. The molecule has 0 spiro atoms. The lowest BCUT2D eigenvalue weighted by Crippen LogP contribution is -2.58. The molecule has 0 aromatic heterocycles. The Hall–Kier alpha value is -0.170. The summed E-state index contributed by atoms with van der Waals surface area (Å²) in [5.74, 6) is 0. The van der Waals surface area contributed by atoms with Crippen LogP contribution in [-0.2, 0) is 10.2 Å². The van der Waals surface area contributed by atoms with Crippen LogP contribution in [0.4, 0.5) is 0 Å². The van der Waals surface area contributed by atoms with Gasteiger partial charge in [-0.15, -0.1) is 0 Å². The monoisotopic (exact) mass is 264 g/mol. The highest BCUT2D eigenvalue weighted by molar-refractivity contribution is 7.87. The van der Waals surface area contributed by atoms with Gasteiger partial charge in [0.1, 0.15) is 0 Å². The maximum Gasteiger partial charge on any atom is 0.277 e. The summed E-state index contributed by atoms with van der Waals surface area (Å²) in [4.78, 5) is 0. The van der Waals surface area contributed by atoms with Crippen molar-refractivity contribution in [2.24, 2.45) is 0 Å². The van der Waals surface area contributed by atoms with Crippen molar-refractivity contribution in [3.8, 4) is 0 Å². The Morgan fingerprint density at radius 3 is 2.12 bits per heavy atom. The third-order valence-corrected chi connectivity index (χ3v) is 4.49. The van der Waals surface area contributed by atoms with E-state index in [1.807, 2.05) is 0 Å². The van der Waals surface area contributed by atoms with Gasteiger partial charge in [0.05, 0.1) is 12.1 Å². The van der Waals surface area contributed by atoms with Gasteiger partial charge in [0.25, 0.3) is 10.2 Å². The molecule has 0 aromatic rings. The first-order valence-electron chi connectivity index (χ1n) is 6.12. The second-order valence-corrected chi connectivity index (χ2v) is 7.37. The van der Waals surface area contributed by atoms with Crippen LogP contribution in [0.25, 0.3) is 0 Å². The minimum Gasteiger partial charge on any atom is -0.394 e. The molecule has 0 bridgehead atoms. The van der Waals surface area contributed by atoms with Crippen LogP contribution in [0.1, 0.15) is 52.9 Å². The maximum absolute atomic E-state index is 11.9. The molecule has 1 aliphatic rings. The van der Waals surface area contributed by atoms with Gasteiger partial charge < -0.3 is 5.11 Å². The van der Waals surface area contributed by atoms with E-state index in [0.29, 0.717) is 12.8 Å². The van der Waals surface area contributed by atoms with Gasteiger partial charge in [0, 0.05) is 5.54 Å². The summed E-state index contributed by atoms with van der Waals surface area (Å²) in [6.07, 6.45) is 4.43. The van der Waals surface area contributed by atoms with Crippen LogP contribution in [-0.4, -0.2) is 31.2 Å². The Balaban J connectivity index is 2.73. The van der Waals surface area contributed by atoms with Gasteiger partial charge in [-0.2, -0.15) is 17.9 Å². The zero-order chi connectivity index (χ0) is 13.2. The molecule has 3 N–H and O–H groups in total. The van der Waals surface area contributed by atoms with E-state index in [-0.39, 0.29) is 6.61 Å². The maximum atomic E-state index is 11.9. The molecular weight excluding hydrogens is 240 g/mol. The fourth-order valence-corrected chi connectivity index (χ4v) is 3.93. The summed E-state index contributed by atoms with van der Waals surface area (Å²) < 4.78 is 29.1. The molecule has 0 radical (unpaired) electrons. The van der Waals surface area contributed by atoms with Gasteiger partial charge in [0.15, 0.2) is 0 Å². The predicted molar refractivity (Wildman–Crippen MR) is 67.8 cm³/mol. The molecule has 0 atom stereocenters. The molecule has 0 unspecified atom stereocenters. The highest BCUT2D eigenvalue weighted by Crippen LogP contribution is 2.28. The van der Waals surface area contributed by atoms with Crippen molar-refractivity contribution in [1.29, 1.82) is 0 Å². The van der Waals surface area contributed by atoms with Gasteiger partial charge in [0.2, 0.25) is 0 Å². The average Bonchev–Trinajstić information content (AvgIpc) is 2.14.